The minimum atomic E-state index is -4.96. The number of hydrogen-bond donors (Lipinski definition) is 0. The molecule has 0 spiro atoms. The topological polar surface area (TPSA) is 43.1 Å². The molecule has 0 aliphatic heterocycles. The Morgan fingerprint density at radius 2 is 1.17 bits per heavy atom. The fourth-order valence-electron chi connectivity index (χ4n) is 3.57. The van der Waals surface area contributed by atoms with Gasteiger partial charge in [0.2, 0.25) is 6.54 Å². The van der Waals surface area contributed by atoms with Crippen LogP contribution in [0.2, 0.25) is 0 Å². The highest BCUT2D eigenvalue weighted by atomic mass is 32.4. The Morgan fingerprint density at radius 1 is 0.793 bits per heavy atom. The molecule has 3 aromatic carbocycles. The van der Waals surface area contributed by atoms with E-state index in [4.69, 9.17) is 11.8 Å². The van der Waals surface area contributed by atoms with E-state index in [0.717, 1.165) is 0 Å². The molecule has 0 fully saturated rings. The van der Waals surface area contributed by atoms with Crippen LogP contribution in [0.25, 0.3) is 0 Å². The average molecular weight is 435 g/mol. The molecule has 3 nitrogen and oxygen atoms in total. The summed E-state index contributed by atoms with van der Waals surface area (Å²) < 4.78 is 44.8. The summed E-state index contributed by atoms with van der Waals surface area (Å²) in [7, 11) is 0. The first-order chi connectivity index (χ1) is 13.7. The van der Waals surface area contributed by atoms with Crippen LogP contribution in [0.1, 0.15) is 5.56 Å². The molecule has 0 N–H and O–H groups in total. The Kier molecular flexibility index (Phi) is 5.92. The molecule has 0 bridgehead atoms. The molecule has 0 radical (unpaired) electrons. The number of halogens is 3. The zero-order valence-electron chi connectivity index (χ0n) is 15.1. The molecule has 3 rings (SSSR count). The first-order valence-corrected chi connectivity index (χ1v) is 11.5. The van der Waals surface area contributed by atoms with Gasteiger partial charge in [0.15, 0.2) is 5.16 Å². The molecule has 0 aromatic heterocycles. The lowest BCUT2D eigenvalue weighted by molar-refractivity contribution is -0.494. The molecular weight excluding hydrogens is 418 g/mol. The number of rotatable bonds is 6. The second kappa shape index (κ2) is 8.09. The van der Waals surface area contributed by atoms with E-state index in [2.05, 4.69) is 0 Å². The van der Waals surface area contributed by atoms with Crippen molar-refractivity contribution in [3.63, 3.8) is 0 Å². The first kappa shape index (κ1) is 21.2. The molecule has 3 aromatic rings. The number of nitro groups is 1. The van der Waals surface area contributed by atoms with Crippen molar-refractivity contribution in [3.8, 4) is 0 Å². The molecule has 29 heavy (non-hydrogen) atoms. The zero-order chi connectivity index (χ0) is 21.1. The van der Waals surface area contributed by atoms with Crippen molar-refractivity contribution in [2.45, 2.75) is 11.3 Å². The van der Waals surface area contributed by atoms with Gasteiger partial charge in [-0.25, -0.2) is 0 Å². The minimum Gasteiger partial charge on any atom is -0.264 e. The van der Waals surface area contributed by atoms with Crippen LogP contribution < -0.4 is 10.6 Å². The summed E-state index contributed by atoms with van der Waals surface area (Å²) in [5.74, 6) is 0. The van der Waals surface area contributed by atoms with E-state index < -0.39 is 28.8 Å². The second-order valence-corrected chi connectivity index (χ2v) is 11.2. The normalized spacial score (nSPS) is 14.2. The smallest absolute Gasteiger partial charge is 0.264 e. The van der Waals surface area contributed by atoms with Gasteiger partial charge in [-0.2, -0.15) is 13.2 Å². The Labute approximate surface area is 171 Å². The summed E-state index contributed by atoms with van der Waals surface area (Å²) in [6.45, 7) is -1.35. The molecular formula is C21H17F3NO2PS. The fraction of sp³-hybridized carbons (Fsp3) is 0.143. The van der Waals surface area contributed by atoms with E-state index in [1.807, 2.05) is 0 Å². The number of hydrogen-bond acceptors (Lipinski definition) is 3. The van der Waals surface area contributed by atoms with Crippen molar-refractivity contribution in [3.05, 3.63) is 107 Å². The van der Waals surface area contributed by atoms with Gasteiger partial charge in [0.1, 0.15) is 0 Å². The predicted octanol–water partition coefficient (Wildman–Crippen LogP) is 4.85. The van der Waals surface area contributed by atoms with Gasteiger partial charge < -0.3 is 0 Å². The van der Waals surface area contributed by atoms with Crippen LogP contribution in [0, 0.1) is 10.1 Å². The van der Waals surface area contributed by atoms with Crippen molar-refractivity contribution < 1.29 is 18.1 Å². The molecule has 0 saturated carbocycles. The lowest BCUT2D eigenvalue weighted by atomic mass is 9.97. The van der Waals surface area contributed by atoms with Gasteiger partial charge in [-0.3, -0.25) is 10.1 Å². The van der Waals surface area contributed by atoms with Crippen molar-refractivity contribution in [1.82, 2.24) is 0 Å². The summed E-state index contributed by atoms with van der Waals surface area (Å²) in [5, 5.41) is 9.33. The third-order valence-corrected chi connectivity index (χ3v) is 10.8. The Hall–Kier alpha value is -2.50. The fourth-order valence-corrected chi connectivity index (χ4v) is 8.65. The van der Waals surface area contributed by atoms with Gasteiger partial charge in [0, 0.05) is 11.0 Å². The van der Waals surface area contributed by atoms with Gasteiger partial charge in [0.05, 0.1) is 0 Å². The van der Waals surface area contributed by atoms with E-state index in [1.54, 1.807) is 42.5 Å². The van der Waals surface area contributed by atoms with Gasteiger partial charge in [-0.15, -0.1) is 0 Å². The summed E-state index contributed by atoms with van der Waals surface area (Å²) in [4.78, 5) is 10.7. The molecule has 1 atom stereocenters. The molecule has 0 saturated heterocycles. The monoisotopic (exact) mass is 435 g/mol. The largest absolute Gasteiger partial charge is 0.409 e. The third-order valence-electron chi connectivity index (χ3n) is 4.86. The Bertz CT molecular complexity index is 987. The van der Waals surface area contributed by atoms with Crippen LogP contribution in [0.15, 0.2) is 91.0 Å². The van der Waals surface area contributed by atoms with E-state index in [9.17, 15) is 23.3 Å². The van der Waals surface area contributed by atoms with Crippen LogP contribution in [-0.2, 0) is 17.0 Å². The predicted molar refractivity (Wildman–Crippen MR) is 112 cm³/mol. The average Bonchev–Trinajstić information content (AvgIpc) is 2.72. The maximum absolute atomic E-state index is 14.9. The number of alkyl halides is 3. The minimum absolute atomic E-state index is 0.194. The number of nitrogens with zero attached hydrogens (tertiary/aromatic N) is 1. The summed E-state index contributed by atoms with van der Waals surface area (Å²) >= 11 is 5.90. The summed E-state index contributed by atoms with van der Waals surface area (Å²) in [6, 6.07) is 19.2. The maximum atomic E-state index is 14.9. The molecule has 8 heteroatoms. The summed E-state index contributed by atoms with van der Waals surface area (Å²) in [5.41, 5.74) is -0.194. The highest BCUT2D eigenvalue weighted by molar-refractivity contribution is 8.22. The number of benzene rings is 3. The molecule has 0 aliphatic rings. The van der Waals surface area contributed by atoms with E-state index in [1.165, 1.54) is 48.5 Å². The maximum Gasteiger partial charge on any atom is 0.409 e. The molecule has 150 valence electrons. The van der Waals surface area contributed by atoms with E-state index in [0.29, 0.717) is 0 Å². The van der Waals surface area contributed by atoms with Gasteiger partial charge in [-0.1, -0.05) is 103 Å². The highest BCUT2D eigenvalue weighted by Gasteiger charge is 2.68. The first-order valence-electron chi connectivity index (χ1n) is 8.69. The quantitative estimate of drug-likeness (QED) is 0.316. The standard InChI is InChI=1S/C21H17F3NO2PS/c22-21(23,24)20(16-25(26)27,17-10-4-1-5-11-17)28(29,18-12-6-2-7-13-18)19-14-8-3-9-15-19/h1-15H,16H2/t20-/m1/s1. The Morgan fingerprint density at radius 3 is 1.52 bits per heavy atom. The molecule has 0 heterocycles. The van der Waals surface area contributed by atoms with Crippen LogP contribution in [-0.4, -0.2) is 17.6 Å². The van der Waals surface area contributed by atoms with Crippen LogP contribution >= 0.6 is 6.04 Å². The van der Waals surface area contributed by atoms with Crippen molar-refractivity contribution >= 4 is 28.5 Å². The zero-order valence-corrected chi connectivity index (χ0v) is 16.8. The lowest BCUT2D eigenvalue weighted by Crippen LogP contribution is -2.51. The van der Waals surface area contributed by atoms with Crippen LogP contribution in [0.4, 0.5) is 13.2 Å². The van der Waals surface area contributed by atoms with Crippen molar-refractivity contribution in [1.29, 1.82) is 0 Å². The molecule has 0 amide bonds. The van der Waals surface area contributed by atoms with E-state index >= 15 is 0 Å². The molecule has 0 unspecified atom stereocenters. The van der Waals surface area contributed by atoms with Gasteiger partial charge in [-0.05, 0) is 16.2 Å². The van der Waals surface area contributed by atoms with Crippen molar-refractivity contribution in [2.24, 2.45) is 0 Å². The van der Waals surface area contributed by atoms with Gasteiger partial charge >= 0.3 is 6.18 Å². The Balaban J connectivity index is 2.51. The van der Waals surface area contributed by atoms with Gasteiger partial charge in [0.25, 0.3) is 0 Å². The third kappa shape index (κ3) is 3.61. The van der Waals surface area contributed by atoms with Crippen molar-refractivity contribution in [2.75, 3.05) is 6.54 Å². The SMILES string of the molecule is O=[N+]([O-])C[C@@](c1ccccc1)(C(F)(F)F)P(=S)(c1ccccc1)c1ccccc1. The second-order valence-electron chi connectivity index (χ2n) is 6.50. The molecule has 0 aliphatic carbocycles. The highest BCUT2D eigenvalue weighted by Crippen LogP contribution is 2.68. The van der Waals surface area contributed by atoms with Crippen LogP contribution in [0.5, 0.6) is 0 Å². The summed E-state index contributed by atoms with van der Waals surface area (Å²) in [6.07, 6.45) is -4.96. The van der Waals surface area contributed by atoms with Crippen LogP contribution in [0.3, 0.4) is 0 Å². The lowest BCUT2D eigenvalue weighted by Gasteiger charge is -2.43. The van der Waals surface area contributed by atoms with E-state index in [-0.39, 0.29) is 16.2 Å².